The first-order valence-corrected chi connectivity index (χ1v) is 8.31. The molecule has 1 aromatic heterocycles. The number of carbonyl (C=O) groups is 1. The molecular formula is C21H22O7. The van der Waals surface area contributed by atoms with Crippen molar-refractivity contribution in [3.05, 3.63) is 65.3 Å². The van der Waals surface area contributed by atoms with Gasteiger partial charge in [-0.2, -0.15) is 0 Å². The van der Waals surface area contributed by atoms with Crippen molar-refractivity contribution >= 4 is 17.9 Å². The molecule has 0 aliphatic carbocycles. The molecule has 2 rings (SSSR count). The van der Waals surface area contributed by atoms with E-state index in [9.17, 15) is 9.90 Å². The van der Waals surface area contributed by atoms with Gasteiger partial charge in [0.05, 0.1) is 21.3 Å². The molecule has 1 heterocycles. The Bertz CT molecular complexity index is 878. The van der Waals surface area contributed by atoms with Crippen LogP contribution in [0.3, 0.4) is 0 Å². The van der Waals surface area contributed by atoms with Crippen LogP contribution >= 0.6 is 0 Å². The van der Waals surface area contributed by atoms with E-state index in [4.69, 9.17) is 23.7 Å². The van der Waals surface area contributed by atoms with Gasteiger partial charge in [-0.25, -0.2) is 0 Å². The number of methoxy groups -OCH3 is 3. The van der Waals surface area contributed by atoms with Crippen molar-refractivity contribution in [2.75, 3.05) is 21.3 Å². The van der Waals surface area contributed by atoms with Gasteiger partial charge in [0.2, 0.25) is 5.75 Å². The number of hydrogen-bond acceptors (Lipinski definition) is 7. The molecule has 0 saturated carbocycles. The highest BCUT2D eigenvalue weighted by molar-refractivity contribution is 6.02. The first kappa shape index (κ1) is 20.9. The molecule has 0 bridgehead atoms. The van der Waals surface area contributed by atoms with E-state index < -0.39 is 5.78 Å². The topological polar surface area (TPSA) is 98.4 Å². The largest absolute Gasteiger partial charge is 0.508 e. The molecule has 0 aliphatic heterocycles. The number of benzene rings is 1. The number of rotatable bonds is 9. The summed E-state index contributed by atoms with van der Waals surface area (Å²) in [4.78, 5) is 11.9. The second kappa shape index (κ2) is 10.0. The zero-order valence-corrected chi connectivity index (χ0v) is 15.8. The Labute approximate surface area is 162 Å². The molecule has 28 heavy (non-hydrogen) atoms. The highest BCUT2D eigenvalue weighted by Gasteiger charge is 2.12. The van der Waals surface area contributed by atoms with Crippen LogP contribution in [0.15, 0.2) is 52.7 Å². The Hall–Kier alpha value is -3.45. The van der Waals surface area contributed by atoms with Crippen molar-refractivity contribution in [2.24, 2.45) is 0 Å². The van der Waals surface area contributed by atoms with E-state index in [0.717, 1.165) is 6.08 Å². The number of carbonyl (C=O) groups excluding carboxylic acids is 1. The Morgan fingerprint density at radius 3 is 2.25 bits per heavy atom. The standard InChI is InChI=1S/C21H22O7/c1-25-19-10-14(11-20(26-2)21(19)27-3)4-5-15(23)12-16(24)6-7-17-8-9-18(13-22)28-17/h4-12,22-23H,13H2,1-3H3/b5-4+,7-6+,15-12?. The fraction of sp³-hybridized carbons (Fsp3) is 0.190. The third-order valence-corrected chi connectivity index (χ3v) is 3.67. The first-order chi connectivity index (χ1) is 13.5. The lowest BCUT2D eigenvalue weighted by molar-refractivity contribution is -0.110. The summed E-state index contributed by atoms with van der Waals surface area (Å²) in [6.45, 7) is -0.214. The molecule has 148 valence electrons. The summed E-state index contributed by atoms with van der Waals surface area (Å²) in [5, 5.41) is 18.9. The van der Waals surface area contributed by atoms with Crippen LogP contribution in [0.4, 0.5) is 0 Å². The van der Waals surface area contributed by atoms with Gasteiger partial charge in [0.1, 0.15) is 23.9 Å². The Morgan fingerprint density at radius 1 is 1.04 bits per heavy atom. The number of hydrogen-bond donors (Lipinski definition) is 2. The predicted molar refractivity (Wildman–Crippen MR) is 105 cm³/mol. The van der Waals surface area contributed by atoms with E-state index in [0.29, 0.717) is 34.3 Å². The van der Waals surface area contributed by atoms with Crippen molar-refractivity contribution in [3.8, 4) is 17.2 Å². The van der Waals surface area contributed by atoms with Crippen LogP contribution in [0.25, 0.3) is 12.2 Å². The summed E-state index contributed by atoms with van der Waals surface area (Å²) in [6.07, 6.45) is 6.76. The number of ketones is 1. The molecule has 7 heteroatoms. The number of aliphatic hydroxyl groups excluding tert-OH is 2. The normalized spacial score (nSPS) is 11.9. The SMILES string of the molecule is COc1cc(/C=C/C(O)=CC(=O)/C=C/c2ccc(CO)o2)cc(OC)c1OC. The molecule has 0 fully saturated rings. The monoisotopic (exact) mass is 386 g/mol. The van der Waals surface area contributed by atoms with Crippen LogP contribution in [0.5, 0.6) is 17.2 Å². The lowest BCUT2D eigenvalue weighted by Gasteiger charge is -2.12. The molecule has 0 unspecified atom stereocenters. The van der Waals surface area contributed by atoms with Crippen LogP contribution in [0.2, 0.25) is 0 Å². The summed E-state index contributed by atoms with van der Waals surface area (Å²) >= 11 is 0. The van der Waals surface area contributed by atoms with Gasteiger partial charge in [0.25, 0.3) is 0 Å². The predicted octanol–water partition coefficient (Wildman–Crippen LogP) is 3.54. The quantitative estimate of drug-likeness (QED) is 0.386. The van der Waals surface area contributed by atoms with Crippen LogP contribution in [0.1, 0.15) is 17.1 Å². The van der Waals surface area contributed by atoms with Crippen molar-refractivity contribution in [1.29, 1.82) is 0 Å². The van der Waals surface area contributed by atoms with Crippen LogP contribution in [0, 0.1) is 0 Å². The van der Waals surface area contributed by atoms with Crippen molar-refractivity contribution in [2.45, 2.75) is 6.61 Å². The van der Waals surface area contributed by atoms with Crippen LogP contribution < -0.4 is 14.2 Å². The number of ether oxygens (including phenoxy) is 3. The molecule has 0 saturated heterocycles. The zero-order chi connectivity index (χ0) is 20.5. The summed E-state index contributed by atoms with van der Waals surface area (Å²) in [7, 11) is 4.53. The van der Waals surface area contributed by atoms with Gasteiger partial charge in [0.15, 0.2) is 17.3 Å². The number of aliphatic hydroxyl groups is 2. The zero-order valence-electron chi connectivity index (χ0n) is 15.8. The minimum absolute atomic E-state index is 0.214. The third-order valence-electron chi connectivity index (χ3n) is 3.67. The summed E-state index contributed by atoms with van der Waals surface area (Å²) in [5.74, 6) is 1.60. The molecule has 1 aromatic carbocycles. The smallest absolute Gasteiger partial charge is 0.203 e. The van der Waals surface area contributed by atoms with E-state index in [1.54, 1.807) is 30.3 Å². The molecule has 2 N–H and O–H groups in total. The summed E-state index contributed by atoms with van der Waals surface area (Å²) in [5.41, 5.74) is 0.685. The van der Waals surface area contributed by atoms with Gasteiger partial charge < -0.3 is 28.8 Å². The minimum atomic E-state index is -0.422. The average Bonchev–Trinajstić information content (AvgIpc) is 3.18. The molecule has 0 radical (unpaired) electrons. The van der Waals surface area contributed by atoms with Gasteiger partial charge in [-0.15, -0.1) is 0 Å². The highest BCUT2D eigenvalue weighted by Crippen LogP contribution is 2.38. The summed E-state index contributed by atoms with van der Waals surface area (Å²) < 4.78 is 21.0. The van der Waals surface area contributed by atoms with E-state index >= 15 is 0 Å². The van der Waals surface area contributed by atoms with Gasteiger partial charge in [-0.1, -0.05) is 6.08 Å². The number of furan rings is 1. The molecule has 2 aromatic rings. The first-order valence-electron chi connectivity index (χ1n) is 8.31. The van der Waals surface area contributed by atoms with Crippen molar-refractivity contribution in [1.82, 2.24) is 0 Å². The Morgan fingerprint density at radius 2 is 1.71 bits per heavy atom. The van der Waals surface area contributed by atoms with Gasteiger partial charge in [-0.05, 0) is 48.1 Å². The lowest BCUT2D eigenvalue weighted by Crippen LogP contribution is -1.95. The maximum atomic E-state index is 11.9. The van der Waals surface area contributed by atoms with E-state index in [1.165, 1.54) is 39.6 Å². The molecule has 0 spiro atoms. The van der Waals surface area contributed by atoms with Crippen molar-refractivity contribution in [3.63, 3.8) is 0 Å². The molecule has 0 amide bonds. The highest BCUT2D eigenvalue weighted by atomic mass is 16.5. The van der Waals surface area contributed by atoms with Crippen LogP contribution in [-0.2, 0) is 11.4 Å². The van der Waals surface area contributed by atoms with E-state index in [-0.39, 0.29) is 12.4 Å². The maximum absolute atomic E-state index is 11.9. The second-order valence-electron chi connectivity index (χ2n) is 5.56. The Kier molecular flexibility index (Phi) is 7.47. The minimum Gasteiger partial charge on any atom is -0.508 e. The average molecular weight is 386 g/mol. The van der Waals surface area contributed by atoms with E-state index in [1.807, 2.05) is 0 Å². The number of allylic oxidation sites excluding steroid dienone is 3. The van der Waals surface area contributed by atoms with Gasteiger partial charge in [-0.3, -0.25) is 4.79 Å². The Balaban J connectivity index is 2.11. The van der Waals surface area contributed by atoms with Gasteiger partial charge >= 0.3 is 0 Å². The third kappa shape index (κ3) is 5.52. The summed E-state index contributed by atoms with van der Waals surface area (Å²) in [6, 6.07) is 6.66. The van der Waals surface area contributed by atoms with Gasteiger partial charge in [0, 0.05) is 6.08 Å². The second-order valence-corrected chi connectivity index (χ2v) is 5.56. The van der Waals surface area contributed by atoms with Crippen molar-refractivity contribution < 1.29 is 33.6 Å². The fourth-order valence-electron chi connectivity index (χ4n) is 2.35. The molecule has 0 atom stereocenters. The fourth-order valence-corrected chi connectivity index (χ4v) is 2.35. The molecule has 0 aliphatic rings. The molecular weight excluding hydrogens is 364 g/mol. The lowest BCUT2D eigenvalue weighted by atomic mass is 10.1. The van der Waals surface area contributed by atoms with Crippen LogP contribution in [-0.4, -0.2) is 37.3 Å². The van der Waals surface area contributed by atoms with E-state index in [2.05, 4.69) is 0 Å². The molecule has 7 nitrogen and oxygen atoms in total. The maximum Gasteiger partial charge on any atom is 0.203 e.